The number of hydrogen-bond donors (Lipinski definition) is 2. The zero-order valence-corrected chi connectivity index (χ0v) is 16.0. The molecule has 1 unspecified atom stereocenters. The van der Waals surface area contributed by atoms with E-state index in [0.29, 0.717) is 28.9 Å². The minimum Gasteiger partial charge on any atom is -0.382 e. The number of likely N-dealkylation sites (N-methyl/N-ethyl adjacent to an activating group) is 1. The number of imidazole rings is 1. The fourth-order valence-electron chi connectivity index (χ4n) is 5.02. The topological polar surface area (TPSA) is 113 Å². The minimum absolute atomic E-state index is 0.0996. The van der Waals surface area contributed by atoms with E-state index in [1.54, 1.807) is 6.33 Å². The van der Waals surface area contributed by atoms with Gasteiger partial charge in [0.05, 0.1) is 6.33 Å². The molecule has 1 aliphatic carbocycles. The number of nitrogens with zero attached hydrogens (tertiary/aromatic N) is 5. The van der Waals surface area contributed by atoms with Gasteiger partial charge in [0, 0.05) is 26.1 Å². The summed E-state index contributed by atoms with van der Waals surface area (Å²) in [7, 11) is 2.17. The van der Waals surface area contributed by atoms with Crippen LogP contribution in [-0.4, -0.2) is 74.8 Å². The highest BCUT2D eigenvalue weighted by molar-refractivity contribution is 5.81. The number of ether oxygens (including phenoxy) is 3. The molecule has 7 rings (SSSR count). The Morgan fingerprint density at radius 2 is 2.04 bits per heavy atom. The van der Waals surface area contributed by atoms with E-state index in [4.69, 9.17) is 19.9 Å². The van der Waals surface area contributed by atoms with Gasteiger partial charge < -0.3 is 24.8 Å². The number of aromatic nitrogens is 4. The van der Waals surface area contributed by atoms with Crippen molar-refractivity contribution < 1.29 is 14.2 Å². The third-order valence-corrected chi connectivity index (χ3v) is 6.68. The summed E-state index contributed by atoms with van der Waals surface area (Å²) in [5.41, 5.74) is 7.17. The van der Waals surface area contributed by atoms with E-state index in [1.807, 2.05) is 11.5 Å². The highest BCUT2D eigenvalue weighted by Crippen LogP contribution is 2.45. The van der Waals surface area contributed by atoms with Gasteiger partial charge in [0.2, 0.25) is 5.91 Å². The highest BCUT2D eigenvalue weighted by atomic mass is 16.8. The van der Waals surface area contributed by atoms with Crippen LogP contribution in [0.25, 0.3) is 11.2 Å². The van der Waals surface area contributed by atoms with Crippen molar-refractivity contribution in [3.05, 3.63) is 12.7 Å². The van der Waals surface area contributed by atoms with Gasteiger partial charge in [-0.1, -0.05) is 0 Å². The fourth-order valence-corrected chi connectivity index (χ4v) is 5.02. The van der Waals surface area contributed by atoms with E-state index >= 15 is 0 Å². The van der Waals surface area contributed by atoms with Crippen molar-refractivity contribution in [3.63, 3.8) is 0 Å². The number of hydrogen-bond acceptors (Lipinski definition) is 9. The molecule has 0 spiro atoms. The van der Waals surface area contributed by atoms with Gasteiger partial charge in [0.15, 0.2) is 17.7 Å². The maximum Gasteiger partial charge on any atom is 0.225 e. The van der Waals surface area contributed by atoms with Crippen LogP contribution in [0.2, 0.25) is 0 Å². The molecule has 5 aliphatic rings. The zero-order valence-electron chi connectivity index (χ0n) is 16.0. The molecule has 10 heteroatoms. The Labute approximate surface area is 162 Å². The number of anilines is 1. The molecular weight excluding hydrogens is 362 g/mol. The Bertz CT molecular complexity index is 916. The van der Waals surface area contributed by atoms with E-state index in [2.05, 4.69) is 32.2 Å². The fraction of sp³-hybridized carbons (Fsp3) is 0.722. The predicted molar refractivity (Wildman–Crippen MR) is 98.9 cm³/mol. The number of nitrogens with two attached hydrogens (primary N) is 1. The number of rotatable bonds is 1. The van der Waals surface area contributed by atoms with Crippen LogP contribution in [0.3, 0.4) is 0 Å². The van der Waals surface area contributed by atoms with Crippen LogP contribution in [-0.2, 0) is 14.2 Å². The summed E-state index contributed by atoms with van der Waals surface area (Å²) in [6, 6.07) is 0.611. The van der Waals surface area contributed by atoms with Gasteiger partial charge in [-0.3, -0.25) is 9.88 Å². The molecule has 4 saturated heterocycles. The number of nitrogen functional groups attached to an aromatic ring is 1. The summed E-state index contributed by atoms with van der Waals surface area (Å²) >= 11 is 0. The van der Waals surface area contributed by atoms with Crippen LogP contribution < -0.4 is 11.1 Å². The largest absolute Gasteiger partial charge is 0.382 e. The Morgan fingerprint density at radius 1 is 1.21 bits per heavy atom. The normalized spacial score (nSPS) is 43.1. The van der Waals surface area contributed by atoms with Gasteiger partial charge in [-0.2, -0.15) is 0 Å². The lowest BCUT2D eigenvalue weighted by Crippen LogP contribution is -2.51. The van der Waals surface area contributed by atoms with Crippen molar-refractivity contribution in [1.29, 1.82) is 0 Å². The van der Waals surface area contributed by atoms with Crippen LogP contribution in [0.5, 0.6) is 0 Å². The molecule has 10 nitrogen and oxygen atoms in total. The van der Waals surface area contributed by atoms with Crippen LogP contribution in [0, 0.1) is 5.92 Å². The molecule has 4 bridgehead atoms. The first kappa shape index (κ1) is 17.0. The van der Waals surface area contributed by atoms with Gasteiger partial charge >= 0.3 is 0 Å². The quantitative estimate of drug-likeness (QED) is 0.702. The molecule has 2 aromatic heterocycles. The third kappa shape index (κ3) is 2.42. The second-order valence-corrected chi connectivity index (χ2v) is 8.57. The maximum absolute atomic E-state index is 6.46. The van der Waals surface area contributed by atoms with Crippen LogP contribution in [0.15, 0.2) is 12.7 Å². The first-order chi connectivity index (χ1) is 13.5. The molecule has 3 N–H and O–H groups in total. The predicted octanol–water partition coefficient (Wildman–Crippen LogP) is 0.0772. The summed E-state index contributed by atoms with van der Waals surface area (Å²) in [4.78, 5) is 15.2. The third-order valence-electron chi connectivity index (χ3n) is 6.68. The summed E-state index contributed by atoms with van der Waals surface area (Å²) in [5, 5.41) is 3.50. The average Bonchev–Trinajstić information content (AvgIpc) is 3.26. The molecule has 0 aromatic carbocycles. The summed E-state index contributed by atoms with van der Waals surface area (Å²) in [6.07, 6.45) is 4.63. The molecule has 0 radical (unpaired) electrons. The van der Waals surface area contributed by atoms with E-state index in [-0.39, 0.29) is 24.5 Å². The second-order valence-electron chi connectivity index (χ2n) is 8.57. The van der Waals surface area contributed by atoms with Gasteiger partial charge in [-0.25, -0.2) is 15.0 Å². The zero-order chi connectivity index (χ0) is 19.0. The Kier molecular flexibility index (Phi) is 3.55. The van der Waals surface area contributed by atoms with Crippen molar-refractivity contribution in [2.24, 2.45) is 5.92 Å². The Morgan fingerprint density at radius 3 is 2.89 bits per heavy atom. The lowest BCUT2D eigenvalue weighted by molar-refractivity contribution is -0.224. The van der Waals surface area contributed by atoms with Gasteiger partial charge in [0.25, 0.3) is 0 Å². The Balaban J connectivity index is 1.38. The summed E-state index contributed by atoms with van der Waals surface area (Å²) < 4.78 is 21.1. The lowest BCUT2D eigenvalue weighted by atomic mass is 9.79. The van der Waals surface area contributed by atoms with E-state index in [0.717, 1.165) is 13.1 Å². The van der Waals surface area contributed by atoms with E-state index in [9.17, 15) is 0 Å². The highest BCUT2D eigenvalue weighted by Gasteiger charge is 2.58. The average molecular weight is 387 g/mol. The lowest BCUT2D eigenvalue weighted by Gasteiger charge is -2.42. The van der Waals surface area contributed by atoms with Crippen molar-refractivity contribution >= 4 is 17.0 Å². The number of nitrogens with one attached hydrogen (secondary N) is 1. The first-order valence-electron chi connectivity index (χ1n) is 9.90. The van der Waals surface area contributed by atoms with Crippen LogP contribution in [0.4, 0.5) is 5.82 Å². The summed E-state index contributed by atoms with van der Waals surface area (Å²) in [5.74, 6) is 0.212. The van der Waals surface area contributed by atoms with E-state index in [1.165, 1.54) is 19.2 Å². The van der Waals surface area contributed by atoms with Crippen LogP contribution >= 0.6 is 0 Å². The summed E-state index contributed by atoms with van der Waals surface area (Å²) in [6.45, 7) is 3.66. The van der Waals surface area contributed by atoms with Crippen molar-refractivity contribution in [2.45, 2.75) is 56.3 Å². The molecule has 6 heterocycles. The molecule has 1 saturated carbocycles. The molecule has 2 aromatic rings. The Hall–Kier alpha value is -1.85. The smallest absolute Gasteiger partial charge is 0.225 e. The van der Waals surface area contributed by atoms with Crippen molar-refractivity contribution in [3.8, 4) is 0 Å². The van der Waals surface area contributed by atoms with Crippen molar-refractivity contribution in [2.75, 3.05) is 25.9 Å². The molecule has 28 heavy (non-hydrogen) atoms. The van der Waals surface area contributed by atoms with Gasteiger partial charge in [-0.05, 0) is 25.8 Å². The molecule has 0 amide bonds. The molecular formula is C18H25N7O3. The first-order valence-corrected chi connectivity index (χ1v) is 9.90. The second kappa shape index (κ2) is 5.83. The van der Waals surface area contributed by atoms with Crippen LogP contribution in [0.1, 0.15) is 26.0 Å². The number of fused-ring (bicyclic) bond motifs is 3. The van der Waals surface area contributed by atoms with E-state index < -0.39 is 5.91 Å². The maximum atomic E-state index is 6.46. The molecule has 5 atom stereocenters. The standard InChI is InChI=1S/C18H25N7O3/c1-18-23-5-9-3-10(4-9)24(2)6-11-13(27-18)14(28-18)17(26-11)25-8-22-12-15(19)20-7-21-16(12)25/h7-11,13-14,17,23H,3-6H2,1-2H3,(H2,19,20,21)/t9?,10?,11-,13-,14-,17-,18?/m1/s1. The van der Waals surface area contributed by atoms with Gasteiger partial charge in [0.1, 0.15) is 30.2 Å². The molecule has 5 fully saturated rings. The minimum atomic E-state index is -0.811. The molecule has 150 valence electrons. The van der Waals surface area contributed by atoms with Gasteiger partial charge in [-0.15, -0.1) is 0 Å². The monoisotopic (exact) mass is 387 g/mol. The molecule has 4 aliphatic heterocycles. The van der Waals surface area contributed by atoms with Crippen molar-refractivity contribution in [1.82, 2.24) is 29.7 Å². The SMILES string of the molecule is CN1C[C@H]2O[C@@H](n3cnc4c(N)ncnc43)[C@@H]3OC(C)(NCC4CC1C4)O[C@@H]32.